The van der Waals surface area contributed by atoms with Crippen LogP contribution in [0.4, 0.5) is 23.3 Å². The Kier molecular flexibility index (Phi) is 3.92. The highest BCUT2D eigenvalue weighted by atomic mass is 32.1. The molecule has 1 atom stereocenters. The van der Waals surface area contributed by atoms with Crippen molar-refractivity contribution < 1.29 is 9.85 Å². The number of hydrogen-bond donors (Lipinski definition) is 0. The highest BCUT2D eigenvalue weighted by Gasteiger charge is 2.36. The number of thiazole rings is 2. The number of nitro groups is 2. The molecular formula is C15H14N8O4S2. The van der Waals surface area contributed by atoms with E-state index in [2.05, 4.69) is 9.97 Å². The molecular weight excluding hydrogens is 420 g/mol. The predicted octanol–water partition coefficient (Wildman–Crippen LogP) is 2.64. The van der Waals surface area contributed by atoms with Crippen LogP contribution in [0.5, 0.6) is 0 Å². The number of hydrogen-bond acceptors (Lipinski definition) is 10. The number of rotatable bonds is 4. The third-order valence-corrected chi connectivity index (χ3v) is 6.50. The lowest BCUT2D eigenvalue weighted by Gasteiger charge is -2.39. The van der Waals surface area contributed by atoms with E-state index in [0.717, 1.165) is 0 Å². The van der Waals surface area contributed by atoms with Gasteiger partial charge in [0, 0.05) is 36.4 Å². The number of piperazine rings is 1. The molecule has 0 amide bonds. The molecule has 0 aromatic carbocycles. The van der Waals surface area contributed by atoms with Crippen LogP contribution in [-0.2, 0) is 0 Å². The topological polar surface area (TPSA) is 127 Å². The number of aromatic nitrogens is 4. The van der Waals surface area contributed by atoms with Gasteiger partial charge in [-0.25, -0.2) is 0 Å². The third-order valence-electron chi connectivity index (χ3n) is 4.98. The van der Waals surface area contributed by atoms with Gasteiger partial charge in [0.2, 0.25) is 11.6 Å². The van der Waals surface area contributed by atoms with Gasteiger partial charge in [-0.05, 0) is 16.8 Å². The van der Waals surface area contributed by atoms with Crippen molar-refractivity contribution in [2.45, 2.75) is 13.0 Å². The fraction of sp³-hybridized carbons (Fsp3) is 0.333. The summed E-state index contributed by atoms with van der Waals surface area (Å²) in [6.45, 7) is 3.25. The van der Waals surface area contributed by atoms with Crippen LogP contribution < -0.4 is 9.80 Å². The van der Waals surface area contributed by atoms with Gasteiger partial charge in [-0.3, -0.25) is 0 Å². The Morgan fingerprint density at radius 1 is 0.966 bits per heavy atom. The number of nitrogens with zero attached hydrogens (tertiary/aromatic N) is 8. The molecule has 1 saturated heterocycles. The van der Waals surface area contributed by atoms with Gasteiger partial charge in [-0.15, -0.1) is 0 Å². The molecule has 4 aromatic rings. The van der Waals surface area contributed by atoms with Crippen LogP contribution in [0.3, 0.4) is 0 Å². The highest BCUT2D eigenvalue weighted by molar-refractivity contribution is 7.15. The summed E-state index contributed by atoms with van der Waals surface area (Å²) in [4.78, 5) is 36.2. The van der Waals surface area contributed by atoms with Crippen molar-refractivity contribution >= 4 is 55.9 Å². The Labute approximate surface area is 170 Å². The van der Waals surface area contributed by atoms with Gasteiger partial charge in [0.05, 0.1) is 0 Å². The van der Waals surface area contributed by atoms with Gasteiger partial charge in [-0.1, -0.05) is 22.7 Å². The molecule has 14 heteroatoms. The molecule has 1 fully saturated rings. The van der Waals surface area contributed by atoms with Crippen LogP contribution in [0.15, 0.2) is 23.2 Å². The summed E-state index contributed by atoms with van der Waals surface area (Å²) in [5, 5.41) is 26.8. The first-order chi connectivity index (χ1) is 14.0. The second-order valence-electron chi connectivity index (χ2n) is 6.63. The van der Waals surface area contributed by atoms with Crippen molar-refractivity contribution in [3.8, 4) is 0 Å². The molecule has 5 heterocycles. The number of anilines is 2. The second-order valence-corrected chi connectivity index (χ2v) is 8.38. The zero-order valence-electron chi connectivity index (χ0n) is 15.0. The maximum atomic E-state index is 11.6. The van der Waals surface area contributed by atoms with E-state index in [4.69, 9.17) is 0 Å². The summed E-state index contributed by atoms with van der Waals surface area (Å²) >= 11 is 2.67. The van der Waals surface area contributed by atoms with E-state index < -0.39 is 9.85 Å². The van der Waals surface area contributed by atoms with Crippen LogP contribution in [0.1, 0.15) is 6.92 Å². The molecule has 29 heavy (non-hydrogen) atoms. The minimum atomic E-state index is -0.423. The second kappa shape index (κ2) is 6.38. The zero-order chi connectivity index (χ0) is 20.3. The van der Waals surface area contributed by atoms with E-state index in [9.17, 15) is 20.2 Å². The molecule has 0 saturated carbocycles. The summed E-state index contributed by atoms with van der Waals surface area (Å²) in [6, 6.07) is -0.147. The van der Waals surface area contributed by atoms with Crippen LogP contribution in [0.25, 0.3) is 9.92 Å². The van der Waals surface area contributed by atoms with E-state index in [1.807, 2.05) is 16.7 Å². The highest BCUT2D eigenvalue weighted by Crippen LogP contribution is 2.36. The molecule has 0 unspecified atom stereocenters. The fourth-order valence-corrected chi connectivity index (χ4v) is 5.14. The summed E-state index contributed by atoms with van der Waals surface area (Å²) in [5.74, 6) is 0.536. The summed E-state index contributed by atoms with van der Waals surface area (Å²) in [5.41, 5.74) is 0. The van der Waals surface area contributed by atoms with Crippen LogP contribution in [-0.4, -0.2) is 54.3 Å². The Hall–Kier alpha value is -3.26. The number of fused-ring (bicyclic) bond motifs is 2. The van der Waals surface area contributed by atoms with Crippen LogP contribution >= 0.6 is 22.7 Å². The molecule has 0 N–H and O–H groups in total. The minimum absolute atomic E-state index is 0.0598. The summed E-state index contributed by atoms with van der Waals surface area (Å²) in [6.07, 6.45) is 3.27. The van der Waals surface area contributed by atoms with Crippen molar-refractivity contribution in [2.75, 3.05) is 29.4 Å². The fourth-order valence-electron chi connectivity index (χ4n) is 3.73. The Morgan fingerprint density at radius 2 is 1.52 bits per heavy atom. The van der Waals surface area contributed by atoms with E-state index in [-0.39, 0.29) is 17.7 Å². The minimum Gasteiger partial charge on any atom is -0.358 e. The Morgan fingerprint density at radius 3 is 2.07 bits per heavy atom. The lowest BCUT2D eigenvalue weighted by molar-refractivity contribution is -0.389. The lowest BCUT2D eigenvalue weighted by atomic mass is 10.2. The molecule has 12 nitrogen and oxygen atoms in total. The summed E-state index contributed by atoms with van der Waals surface area (Å²) in [7, 11) is 0. The molecule has 0 radical (unpaired) electrons. The van der Waals surface area contributed by atoms with Gasteiger partial charge < -0.3 is 30.0 Å². The van der Waals surface area contributed by atoms with Gasteiger partial charge in [0.15, 0.2) is 0 Å². The van der Waals surface area contributed by atoms with Gasteiger partial charge >= 0.3 is 11.6 Å². The normalized spacial score (nSPS) is 17.5. The van der Waals surface area contributed by atoms with Crippen molar-refractivity contribution in [1.29, 1.82) is 0 Å². The molecule has 150 valence electrons. The molecule has 0 bridgehead atoms. The van der Waals surface area contributed by atoms with Gasteiger partial charge in [0.25, 0.3) is 9.92 Å². The Bertz CT molecular complexity index is 1260. The zero-order valence-corrected chi connectivity index (χ0v) is 16.7. The van der Waals surface area contributed by atoms with Crippen molar-refractivity contribution in [3.05, 3.63) is 43.4 Å². The average molecular weight is 434 g/mol. The smallest absolute Gasteiger partial charge is 0.358 e. The van der Waals surface area contributed by atoms with E-state index in [1.165, 1.54) is 31.5 Å². The largest absolute Gasteiger partial charge is 0.373 e. The molecule has 1 aliphatic heterocycles. The third kappa shape index (κ3) is 2.63. The van der Waals surface area contributed by atoms with E-state index in [1.54, 1.807) is 23.2 Å². The van der Waals surface area contributed by atoms with E-state index in [0.29, 0.717) is 41.2 Å². The predicted molar refractivity (Wildman–Crippen MR) is 108 cm³/mol. The van der Waals surface area contributed by atoms with Gasteiger partial charge in [-0.2, -0.15) is 18.8 Å². The van der Waals surface area contributed by atoms with Crippen LogP contribution in [0.2, 0.25) is 0 Å². The standard InChI is InChI=1S/C15H14N8O4S2/c1-9-8-18(10-12(22(24)25)20-4-6-28-14(20)16-10)2-3-19(9)11-13(23(26)27)21-5-7-29-15(21)17-11/h4-7,9H,2-3,8H2,1H3/t9-/m0/s1. The van der Waals surface area contributed by atoms with Gasteiger partial charge in [0.1, 0.15) is 12.4 Å². The van der Waals surface area contributed by atoms with Crippen molar-refractivity contribution in [1.82, 2.24) is 18.8 Å². The van der Waals surface area contributed by atoms with Crippen molar-refractivity contribution in [3.63, 3.8) is 0 Å². The molecule has 0 spiro atoms. The first kappa shape index (κ1) is 17.8. The van der Waals surface area contributed by atoms with Crippen LogP contribution in [0, 0.1) is 20.2 Å². The molecule has 4 aromatic heterocycles. The molecule has 1 aliphatic rings. The molecule has 5 rings (SSSR count). The Balaban J connectivity index is 1.48. The van der Waals surface area contributed by atoms with E-state index >= 15 is 0 Å². The molecule has 0 aliphatic carbocycles. The monoisotopic (exact) mass is 434 g/mol. The summed E-state index contributed by atoms with van der Waals surface area (Å²) < 4.78 is 2.96. The van der Waals surface area contributed by atoms with Crippen molar-refractivity contribution in [2.24, 2.45) is 0 Å². The maximum Gasteiger partial charge on any atom is 0.373 e. The average Bonchev–Trinajstić information content (AvgIpc) is 3.40. The maximum absolute atomic E-state index is 11.6. The quantitative estimate of drug-likeness (QED) is 0.354. The first-order valence-corrected chi connectivity index (χ1v) is 10.4. The SMILES string of the molecule is C[C@H]1CN(c2nc3sccn3c2[N+](=O)[O-])CCN1c1nc2sccn2c1[N+](=O)[O-]. The lowest BCUT2D eigenvalue weighted by Crippen LogP contribution is -2.52. The number of imidazole rings is 2. The first-order valence-electron chi connectivity index (χ1n) is 8.67.